The molecule has 0 aliphatic rings. The second-order valence-corrected chi connectivity index (χ2v) is 5.54. The van der Waals surface area contributed by atoms with Gasteiger partial charge in [0.25, 0.3) is 0 Å². The minimum absolute atomic E-state index is 0.00685. The van der Waals surface area contributed by atoms with Crippen LogP contribution in [0.5, 0.6) is 0 Å². The van der Waals surface area contributed by atoms with Gasteiger partial charge >= 0.3 is 0 Å². The Kier molecular flexibility index (Phi) is 9.17. The molecule has 0 aliphatic carbocycles. The van der Waals surface area contributed by atoms with E-state index >= 15 is 0 Å². The van der Waals surface area contributed by atoms with Crippen molar-refractivity contribution in [2.24, 2.45) is 5.92 Å². The van der Waals surface area contributed by atoms with Crippen molar-refractivity contribution in [3.05, 3.63) is 0 Å². The summed E-state index contributed by atoms with van der Waals surface area (Å²) in [7, 11) is 0. The van der Waals surface area contributed by atoms with E-state index < -0.39 is 0 Å². The first-order chi connectivity index (χ1) is 7.07. The maximum Gasteiger partial charge on any atom is 0.233 e. The topological polar surface area (TPSA) is 29.1 Å². The fraction of sp³-hybridized carbons (Fsp3) is 0.917. The van der Waals surface area contributed by atoms with Gasteiger partial charge in [-0.2, -0.15) is 0 Å². The number of alkyl halides is 1. The molecule has 0 fully saturated rings. The zero-order valence-corrected chi connectivity index (χ0v) is 11.8. The summed E-state index contributed by atoms with van der Waals surface area (Å²) in [5.41, 5.74) is 0. The minimum atomic E-state index is -0.00685. The summed E-state index contributed by atoms with van der Waals surface area (Å²) in [6.45, 7) is 7.37. The molecule has 0 saturated carbocycles. The van der Waals surface area contributed by atoms with Crippen molar-refractivity contribution >= 4 is 21.8 Å². The first-order valence-electron chi connectivity index (χ1n) is 5.99. The fourth-order valence-electron chi connectivity index (χ4n) is 1.38. The number of unbranched alkanes of at least 4 members (excludes halogenated alkanes) is 1. The summed E-state index contributed by atoms with van der Waals surface area (Å²) in [6.07, 6.45) is 5.51. The lowest BCUT2D eigenvalue weighted by atomic mass is 10.1. The van der Waals surface area contributed by atoms with Crippen molar-refractivity contribution in [3.63, 3.8) is 0 Å². The van der Waals surface area contributed by atoms with E-state index in [9.17, 15) is 4.79 Å². The maximum absolute atomic E-state index is 11.5. The number of carbonyl (C=O) groups excluding carboxylic acids is 1. The predicted octanol–water partition coefficient (Wildman–Crippen LogP) is 3.49. The second kappa shape index (κ2) is 9.20. The van der Waals surface area contributed by atoms with Gasteiger partial charge < -0.3 is 5.32 Å². The van der Waals surface area contributed by atoms with Crippen LogP contribution in [0.1, 0.15) is 52.9 Å². The highest BCUT2D eigenvalue weighted by Crippen LogP contribution is 2.08. The average Bonchev–Trinajstić information content (AvgIpc) is 2.16. The number of carbonyl (C=O) groups is 1. The Balaban J connectivity index is 3.38. The highest BCUT2D eigenvalue weighted by atomic mass is 79.9. The molecule has 90 valence electrons. The molecule has 2 nitrogen and oxygen atoms in total. The first-order valence-corrected chi connectivity index (χ1v) is 6.91. The zero-order chi connectivity index (χ0) is 11.7. The third-order valence-corrected chi connectivity index (χ3v) is 3.21. The summed E-state index contributed by atoms with van der Waals surface area (Å²) in [5.74, 6) is 0.908. The summed E-state index contributed by atoms with van der Waals surface area (Å²) >= 11 is 3.38. The maximum atomic E-state index is 11.5. The van der Waals surface area contributed by atoms with Crippen LogP contribution in [0.15, 0.2) is 0 Å². The molecule has 0 aromatic heterocycles. The molecule has 0 heterocycles. The van der Waals surface area contributed by atoms with Crippen LogP contribution >= 0.6 is 15.9 Å². The van der Waals surface area contributed by atoms with E-state index in [1.54, 1.807) is 0 Å². The molecule has 0 saturated heterocycles. The van der Waals surface area contributed by atoms with Crippen molar-refractivity contribution in [3.8, 4) is 0 Å². The van der Waals surface area contributed by atoms with Crippen molar-refractivity contribution < 1.29 is 4.79 Å². The van der Waals surface area contributed by atoms with Gasteiger partial charge in [-0.25, -0.2) is 0 Å². The number of rotatable bonds is 8. The van der Waals surface area contributed by atoms with Gasteiger partial charge in [0, 0.05) is 6.54 Å². The van der Waals surface area contributed by atoms with Gasteiger partial charge in [0.05, 0.1) is 4.83 Å². The molecule has 0 spiro atoms. The van der Waals surface area contributed by atoms with E-state index in [0.717, 1.165) is 31.7 Å². The summed E-state index contributed by atoms with van der Waals surface area (Å²) in [4.78, 5) is 11.5. The molecular formula is C12H24BrNO. The van der Waals surface area contributed by atoms with Gasteiger partial charge in [0.1, 0.15) is 0 Å². The average molecular weight is 278 g/mol. The van der Waals surface area contributed by atoms with Crippen molar-refractivity contribution in [2.75, 3.05) is 6.54 Å². The standard InChI is InChI=1S/C12H24BrNO/c1-4-7-11(13)12(15)14-9-6-5-8-10(2)3/h10-11H,4-9H2,1-3H3,(H,14,15)/t11-/m0/s1. The highest BCUT2D eigenvalue weighted by molar-refractivity contribution is 9.10. The van der Waals surface area contributed by atoms with Gasteiger partial charge in [-0.05, 0) is 18.8 Å². The van der Waals surface area contributed by atoms with Crippen LogP contribution in [0.3, 0.4) is 0 Å². The minimum Gasteiger partial charge on any atom is -0.355 e. The van der Waals surface area contributed by atoms with E-state index in [1.165, 1.54) is 12.8 Å². The van der Waals surface area contributed by atoms with Crippen LogP contribution in [0.4, 0.5) is 0 Å². The molecule has 0 aliphatic heterocycles. The molecule has 0 rings (SSSR count). The number of hydrogen-bond acceptors (Lipinski definition) is 1. The van der Waals surface area contributed by atoms with Gasteiger partial charge in [-0.1, -0.05) is 56.0 Å². The first kappa shape index (κ1) is 14.9. The molecule has 0 aromatic carbocycles. The second-order valence-electron chi connectivity index (χ2n) is 4.44. The highest BCUT2D eigenvalue weighted by Gasteiger charge is 2.12. The van der Waals surface area contributed by atoms with Crippen LogP contribution in [-0.4, -0.2) is 17.3 Å². The Morgan fingerprint density at radius 1 is 1.27 bits per heavy atom. The number of nitrogens with one attached hydrogen (secondary N) is 1. The molecule has 1 amide bonds. The summed E-state index contributed by atoms with van der Waals surface area (Å²) in [5, 5.41) is 2.96. The van der Waals surface area contributed by atoms with E-state index in [0.29, 0.717) is 0 Å². The van der Waals surface area contributed by atoms with E-state index in [-0.39, 0.29) is 10.7 Å². The third kappa shape index (κ3) is 8.91. The Morgan fingerprint density at radius 3 is 2.47 bits per heavy atom. The summed E-state index contributed by atoms with van der Waals surface area (Å²) < 4.78 is 0. The van der Waals surface area contributed by atoms with Crippen LogP contribution in [0, 0.1) is 5.92 Å². The molecule has 3 heteroatoms. The largest absolute Gasteiger partial charge is 0.355 e. The van der Waals surface area contributed by atoms with E-state index in [2.05, 4.69) is 42.0 Å². The Hall–Kier alpha value is -0.0500. The lowest BCUT2D eigenvalue weighted by Gasteiger charge is -2.10. The SMILES string of the molecule is CCC[C@H](Br)C(=O)NCCCCC(C)C. The van der Waals surface area contributed by atoms with Crippen LogP contribution in [0.2, 0.25) is 0 Å². The van der Waals surface area contributed by atoms with Gasteiger partial charge in [0.2, 0.25) is 5.91 Å². The Bertz CT molecular complexity index is 171. The molecule has 15 heavy (non-hydrogen) atoms. The molecule has 0 aromatic rings. The molecule has 0 unspecified atom stereocenters. The van der Waals surface area contributed by atoms with Gasteiger partial charge in [0.15, 0.2) is 0 Å². The number of hydrogen-bond donors (Lipinski definition) is 1. The summed E-state index contributed by atoms with van der Waals surface area (Å²) in [6, 6.07) is 0. The lowest BCUT2D eigenvalue weighted by molar-refractivity contribution is -0.120. The van der Waals surface area contributed by atoms with E-state index in [4.69, 9.17) is 0 Å². The third-order valence-electron chi connectivity index (χ3n) is 2.33. The Labute approximate surface area is 102 Å². The molecule has 0 radical (unpaired) electrons. The van der Waals surface area contributed by atoms with Crippen molar-refractivity contribution in [2.45, 2.75) is 57.7 Å². The van der Waals surface area contributed by atoms with E-state index in [1.807, 2.05) is 0 Å². The molecule has 1 N–H and O–H groups in total. The molecule has 1 atom stereocenters. The number of amides is 1. The van der Waals surface area contributed by atoms with Crippen LogP contribution in [-0.2, 0) is 4.79 Å². The predicted molar refractivity (Wildman–Crippen MR) is 69.3 cm³/mol. The van der Waals surface area contributed by atoms with Crippen LogP contribution < -0.4 is 5.32 Å². The van der Waals surface area contributed by atoms with Gasteiger partial charge in [-0.3, -0.25) is 4.79 Å². The fourth-order valence-corrected chi connectivity index (χ4v) is 2.00. The van der Waals surface area contributed by atoms with Crippen molar-refractivity contribution in [1.82, 2.24) is 5.32 Å². The number of halogens is 1. The Morgan fingerprint density at radius 2 is 1.93 bits per heavy atom. The quantitative estimate of drug-likeness (QED) is 0.534. The van der Waals surface area contributed by atoms with Gasteiger partial charge in [-0.15, -0.1) is 0 Å². The lowest BCUT2D eigenvalue weighted by Crippen LogP contribution is -2.31. The van der Waals surface area contributed by atoms with Crippen LogP contribution in [0.25, 0.3) is 0 Å². The zero-order valence-electron chi connectivity index (χ0n) is 10.2. The van der Waals surface area contributed by atoms with Crippen molar-refractivity contribution in [1.29, 1.82) is 0 Å². The smallest absolute Gasteiger partial charge is 0.233 e. The molecular weight excluding hydrogens is 254 g/mol. The molecule has 0 bridgehead atoms. The normalized spacial score (nSPS) is 12.9. The monoisotopic (exact) mass is 277 g/mol.